The Morgan fingerprint density at radius 2 is 2.31 bits per heavy atom. The first-order chi connectivity index (χ1) is 7.70. The van der Waals surface area contributed by atoms with Crippen LogP contribution in [0.15, 0.2) is 28.9 Å². The van der Waals surface area contributed by atoms with Crippen LogP contribution in [0, 0.1) is 0 Å². The van der Waals surface area contributed by atoms with Crippen LogP contribution in [0.1, 0.15) is 12.0 Å². The molecule has 1 N–H and O–H groups in total. The van der Waals surface area contributed by atoms with Crippen LogP contribution in [0.25, 0.3) is 11.0 Å². The maximum atomic E-state index is 11.0. The van der Waals surface area contributed by atoms with E-state index in [0.29, 0.717) is 12.0 Å². The van der Waals surface area contributed by atoms with E-state index in [2.05, 4.69) is 4.74 Å². The molecular weight excluding hydrogens is 208 g/mol. The van der Waals surface area contributed by atoms with Crippen LogP contribution in [0.3, 0.4) is 0 Å². The fraction of sp³-hybridized carbons (Fsp3) is 0.250. The Morgan fingerprint density at radius 1 is 1.50 bits per heavy atom. The van der Waals surface area contributed by atoms with Gasteiger partial charge in [0.1, 0.15) is 11.3 Å². The van der Waals surface area contributed by atoms with Crippen molar-refractivity contribution in [2.24, 2.45) is 0 Å². The second kappa shape index (κ2) is 4.26. The van der Waals surface area contributed by atoms with Crippen LogP contribution in [0.2, 0.25) is 0 Å². The summed E-state index contributed by atoms with van der Waals surface area (Å²) in [6.07, 6.45) is 2.28. The molecule has 0 saturated heterocycles. The number of methoxy groups -OCH3 is 1. The number of fused-ring (bicyclic) bond motifs is 1. The van der Waals surface area contributed by atoms with Crippen molar-refractivity contribution in [3.05, 3.63) is 30.0 Å². The molecule has 0 fully saturated rings. The highest BCUT2D eigenvalue weighted by atomic mass is 16.5. The molecule has 0 aliphatic carbocycles. The zero-order valence-electron chi connectivity index (χ0n) is 8.90. The minimum absolute atomic E-state index is 0.145. The number of aryl methyl sites for hydroxylation is 1. The highest BCUT2D eigenvalue weighted by Gasteiger charge is 2.08. The molecular formula is C12H12O4. The van der Waals surface area contributed by atoms with Gasteiger partial charge in [-0.05, 0) is 24.1 Å². The van der Waals surface area contributed by atoms with E-state index >= 15 is 0 Å². The van der Waals surface area contributed by atoms with Gasteiger partial charge in [-0.2, -0.15) is 0 Å². The summed E-state index contributed by atoms with van der Waals surface area (Å²) >= 11 is 0. The predicted molar refractivity (Wildman–Crippen MR) is 58.2 cm³/mol. The molecule has 0 saturated carbocycles. The Bertz CT molecular complexity index is 513. The molecule has 0 aliphatic rings. The standard InChI is InChI=1S/C12H12O4/c1-15-12(14)3-2-8-6-9-4-5-16-11(9)7-10(8)13/h4-7,13H,2-3H2,1H3. The van der Waals surface area contributed by atoms with Crippen LogP contribution < -0.4 is 0 Å². The van der Waals surface area contributed by atoms with Crippen LogP contribution in [0.4, 0.5) is 0 Å². The molecule has 1 aromatic heterocycles. The van der Waals surface area contributed by atoms with E-state index < -0.39 is 0 Å². The molecule has 0 spiro atoms. The minimum atomic E-state index is -0.285. The third-order valence-electron chi connectivity index (χ3n) is 2.48. The zero-order chi connectivity index (χ0) is 11.5. The van der Waals surface area contributed by atoms with Gasteiger partial charge < -0.3 is 14.3 Å². The Morgan fingerprint density at radius 3 is 3.06 bits per heavy atom. The highest BCUT2D eigenvalue weighted by molar-refractivity contribution is 5.80. The number of carbonyl (C=O) groups is 1. The summed E-state index contributed by atoms with van der Waals surface area (Å²) in [6, 6.07) is 5.19. The minimum Gasteiger partial charge on any atom is -0.508 e. The van der Waals surface area contributed by atoms with Gasteiger partial charge in [-0.25, -0.2) is 0 Å². The number of carbonyl (C=O) groups excluding carboxylic acids is 1. The average molecular weight is 220 g/mol. The topological polar surface area (TPSA) is 59.7 Å². The van der Waals surface area contributed by atoms with Crippen molar-refractivity contribution in [1.82, 2.24) is 0 Å². The number of hydrogen-bond acceptors (Lipinski definition) is 4. The van der Waals surface area contributed by atoms with Crippen molar-refractivity contribution in [2.45, 2.75) is 12.8 Å². The first-order valence-corrected chi connectivity index (χ1v) is 4.96. The Hall–Kier alpha value is -1.97. The second-order valence-electron chi connectivity index (χ2n) is 3.52. The Kier molecular flexibility index (Phi) is 2.81. The lowest BCUT2D eigenvalue weighted by Crippen LogP contribution is -2.01. The second-order valence-corrected chi connectivity index (χ2v) is 3.52. The quantitative estimate of drug-likeness (QED) is 0.806. The smallest absolute Gasteiger partial charge is 0.305 e. The van der Waals surface area contributed by atoms with Crippen LogP contribution in [-0.2, 0) is 16.0 Å². The summed E-state index contributed by atoms with van der Waals surface area (Å²) < 4.78 is 9.69. The molecule has 4 nitrogen and oxygen atoms in total. The van der Waals surface area contributed by atoms with E-state index in [4.69, 9.17) is 4.42 Å². The molecule has 0 radical (unpaired) electrons. The third kappa shape index (κ3) is 2.00. The fourth-order valence-corrected chi connectivity index (χ4v) is 1.58. The number of phenolic OH excluding ortho intramolecular Hbond substituents is 1. The van der Waals surface area contributed by atoms with E-state index in [0.717, 1.165) is 10.9 Å². The Balaban J connectivity index is 2.22. The SMILES string of the molecule is COC(=O)CCc1cc2ccoc2cc1O. The summed E-state index contributed by atoms with van der Waals surface area (Å²) in [6.45, 7) is 0. The average Bonchev–Trinajstić information content (AvgIpc) is 2.72. The van der Waals surface area contributed by atoms with E-state index in [1.165, 1.54) is 7.11 Å². The molecule has 2 rings (SSSR count). The molecule has 0 atom stereocenters. The van der Waals surface area contributed by atoms with Crippen molar-refractivity contribution < 1.29 is 19.1 Å². The third-order valence-corrected chi connectivity index (χ3v) is 2.48. The highest BCUT2D eigenvalue weighted by Crippen LogP contribution is 2.26. The van der Waals surface area contributed by atoms with Gasteiger partial charge >= 0.3 is 5.97 Å². The number of furan rings is 1. The van der Waals surface area contributed by atoms with Crippen molar-refractivity contribution in [2.75, 3.05) is 7.11 Å². The molecule has 0 amide bonds. The lowest BCUT2D eigenvalue weighted by Gasteiger charge is -2.03. The van der Waals surface area contributed by atoms with Crippen LogP contribution in [-0.4, -0.2) is 18.2 Å². The fourth-order valence-electron chi connectivity index (χ4n) is 1.58. The number of benzene rings is 1. The van der Waals surface area contributed by atoms with Crippen LogP contribution in [0.5, 0.6) is 5.75 Å². The summed E-state index contributed by atoms with van der Waals surface area (Å²) in [5.74, 6) is -0.141. The van der Waals surface area contributed by atoms with Gasteiger partial charge in [0.15, 0.2) is 0 Å². The number of rotatable bonds is 3. The van der Waals surface area contributed by atoms with Gasteiger partial charge in [0.2, 0.25) is 0 Å². The van der Waals surface area contributed by atoms with Gasteiger partial charge in [-0.15, -0.1) is 0 Å². The summed E-state index contributed by atoms with van der Waals surface area (Å²) in [4.78, 5) is 11.0. The summed E-state index contributed by atoms with van der Waals surface area (Å²) in [5.41, 5.74) is 1.36. The van der Waals surface area contributed by atoms with Gasteiger partial charge in [0, 0.05) is 17.9 Å². The van der Waals surface area contributed by atoms with E-state index in [-0.39, 0.29) is 18.1 Å². The maximum Gasteiger partial charge on any atom is 0.305 e. The molecule has 1 heterocycles. The molecule has 0 unspecified atom stereocenters. The van der Waals surface area contributed by atoms with Crippen molar-refractivity contribution >= 4 is 16.9 Å². The number of phenols is 1. The largest absolute Gasteiger partial charge is 0.508 e. The first-order valence-electron chi connectivity index (χ1n) is 4.96. The zero-order valence-corrected chi connectivity index (χ0v) is 8.90. The first kappa shape index (κ1) is 10.5. The van der Waals surface area contributed by atoms with Gasteiger partial charge in [0.05, 0.1) is 13.4 Å². The lowest BCUT2D eigenvalue weighted by atomic mass is 10.1. The summed E-state index contributed by atoms with van der Waals surface area (Å²) in [5, 5.41) is 10.6. The van der Waals surface area contributed by atoms with Gasteiger partial charge in [0.25, 0.3) is 0 Å². The molecule has 2 aromatic rings. The number of esters is 1. The monoisotopic (exact) mass is 220 g/mol. The maximum absolute atomic E-state index is 11.0. The van der Waals surface area contributed by atoms with Crippen molar-refractivity contribution in [3.8, 4) is 5.75 Å². The van der Waals surface area contributed by atoms with Crippen molar-refractivity contribution in [3.63, 3.8) is 0 Å². The van der Waals surface area contributed by atoms with E-state index in [9.17, 15) is 9.90 Å². The van der Waals surface area contributed by atoms with Gasteiger partial charge in [-0.3, -0.25) is 4.79 Å². The molecule has 0 aliphatic heterocycles. The number of ether oxygens (including phenoxy) is 1. The number of hydrogen-bond donors (Lipinski definition) is 1. The molecule has 16 heavy (non-hydrogen) atoms. The molecule has 0 bridgehead atoms. The molecule has 84 valence electrons. The lowest BCUT2D eigenvalue weighted by molar-refractivity contribution is -0.140. The molecule has 4 heteroatoms. The molecule has 1 aromatic carbocycles. The van der Waals surface area contributed by atoms with E-state index in [1.807, 2.05) is 12.1 Å². The van der Waals surface area contributed by atoms with Crippen molar-refractivity contribution in [1.29, 1.82) is 0 Å². The van der Waals surface area contributed by atoms with Gasteiger partial charge in [-0.1, -0.05) is 0 Å². The predicted octanol–water partition coefficient (Wildman–Crippen LogP) is 2.24. The summed E-state index contributed by atoms with van der Waals surface area (Å²) in [7, 11) is 1.35. The normalized spacial score (nSPS) is 10.6. The Labute approximate surface area is 92.4 Å². The van der Waals surface area contributed by atoms with Crippen LogP contribution >= 0.6 is 0 Å². The van der Waals surface area contributed by atoms with E-state index in [1.54, 1.807) is 12.3 Å². The number of aromatic hydroxyl groups is 1.